The number of aromatic amines is 1. The highest BCUT2D eigenvalue weighted by Crippen LogP contribution is 2.37. The minimum absolute atomic E-state index is 0.00351. The van der Waals surface area contributed by atoms with Crippen LogP contribution in [0.4, 0.5) is 4.39 Å². The van der Waals surface area contributed by atoms with Crippen molar-refractivity contribution in [2.45, 2.75) is 0 Å². The lowest BCUT2D eigenvalue weighted by atomic mass is 10.0. The second kappa shape index (κ2) is 8.65. The van der Waals surface area contributed by atoms with Crippen molar-refractivity contribution in [2.24, 2.45) is 0 Å². The van der Waals surface area contributed by atoms with Crippen LogP contribution in [0.15, 0.2) is 76.3 Å². The quantitative estimate of drug-likeness (QED) is 0.342. The first-order valence-corrected chi connectivity index (χ1v) is 11.0. The maximum absolute atomic E-state index is 14.7. The molecule has 0 radical (unpaired) electrons. The van der Waals surface area contributed by atoms with Gasteiger partial charge in [0.2, 0.25) is 0 Å². The number of phenolic OH excluding ortho intramolecular Hbond substituents is 1. The normalized spacial score (nSPS) is 11.2. The van der Waals surface area contributed by atoms with Gasteiger partial charge in [-0.05, 0) is 42.0 Å². The summed E-state index contributed by atoms with van der Waals surface area (Å²) in [7, 11) is 1.47. The van der Waals surface area contributed by atoms with Crippen LogP contribution in [0.3, 0.4) is 0 Å². The van der Waals surface area contributed by atoms with E-state index in [1.807, 2.05) is 0 Å². The summed E-state index contributed by atoms with van der Waals surface area (Å²) in [6, 6.07) is 17.5. The molecule has 3 aromatic carbocycles. The Morgan fingerprint density at radius 2 is 1.69 bits per heavy atom. The van der Waals surface area contributed by atoms with Crippen LogP contribution >= 0.6 is 23.2 Å². The van der Waals surface area contributed by atoms with E-state index in [2.05, 4.69) is 4.98 Å². The van der Waals surface area contributed by atoms with Gasteiger partial charge in [-0.2, -0.15) is 0 Å². The van der Waals surface area contributed by atoms with E-state index in [0.717, 1.165) is 0 Å². The van der Waals surface area contributed by atoms with E-state index in [-0.39, 0.29) is 32.6 Å². The maximum Gasteiger partial charge on any atom is 0.333 e. The van der Waals surface area contributed by atoms with Crippen LogP contribution in [0.5, 0.6) is 11.5 Å². The smallest absolute Gasteiger partial charge is 0.333 e. The van der Waals surface area contributed by atoms with Crippen LogP contribution in [0.25, 0.3) is 33.5 Å². The largest absolute Gasteiger partial charge is 0.504 e. The topological polar surface area (TPSA) is 89.2 Å². The Balaban J connectivity index is 1.69. The minimum Gasteiger partial charge on any atom is -0.504 e. The first-order chi connectivity index (χ1) is 16.8. The summed E-state index contributed by atoms with van der Waals surface area (Å²) in [5.74, 6) is -0.562. The molecule has 5 rings (SSSR count). The van der Waals surface area contributed by atoms with Crippen molar-refractivity contribution in [1.82, 2.24) is 14.1 Å². The first-order valence-electron chi connectivity index (χ1n) is 10.3. The number of nitrogens with zero attached hydrogens (tertiary/aromatic N) is 2. The third-order valence-corrected chi connectivity index (χ3v) is 6.20. The molecule has 0 saturated heterocycles. The average molecular weight is 512 g/mol. The summed E-state index contributed by atoms with van der Waals surface area (Å²) < 4.78 is 22.0. The van der Waals surface area contributed by atoms with Crippen LogP contribution in [0.2, 0.25) is 10.2 Å². The van der Waals surface area contributed by atoms with Crippen molar-refractivity contribution in [3.63, 3.8) is 0 Å². The Labute approximate surface area is 207 Å². The van der Waals surface area contributed by atoms with Gasteiger partial charge in [-0.3, -0.25) is 9.36 Å². The Morgan fingerprint density at radius 3 is 2.40 bits per heavy atom. The number of benzene rings is 3. The fraction of sp³-hybridized carbons (Fsp3) is 0.0400. The lowest BCUT2D eigenvalue weighted by Gasteiger charge is -2.12. The zero-order chi connectivity index (χ0) is 24.9. The predicted molar refractivity (Wildman–Crippen MR) is 133 cm³/mol. The van der Waals surface area contributed by atoms with Gasteiger partial charge in [-0.25, -0.2) is 13.8 Å². The average Bonchev–Trinajstić information content (AvgIpc) is 3.17. The van der Waals surface area contributed by atoms with E-state index in [1.54, 1.807) is 42.5 Å². The predicted octanol–water partition coefficient (Wildman–Crippen LogP) is 5.30. The third kappa shape index (κ3) is 3.67. The molecule has 2 aromatic heterocycles. The number of rotatable bonds is 4. The van der Waals surface area contributed by atoms with Crippen LogP contribution in [0, 0.1) is 5.82 Å². The van der Waals surface area contributed by atoms with Crippen molar-refractivity contribution in [3.8, 4) is 34.0 Å². The van der Waals surface area contributed by atoms with Gasteiger partial charge >= 0.3 is 5.69 Å². The fourth-order valence-electron chi connectivity index (χ4n) is 4.00. The third-order valence-electron chi connectivity index (χ3n) is 5.63. The van der Waals surface area contributed by atoms with Gasteiger partial charge in [-0.1, -0.05) is 53.5 Å². The summed E-state index contributed by atoms with van der Waals surface area (Å²) in [6.07, 6.45) is 0. The molecule has 7 nitrogen and oxygen atoms in total. The zero-order valence-electron chi connectivity index (χ0n) is 18.1. The molecule has 0 saturated carbocycles. The van der Waals surface area contributed by atoms with Crippen LogP contribution < -0.4 is 16.0 Å². The molecule has 0 amide bonds. The number of methoxy groups -OCH3 is 1. The standard InChI is InChI=1S/C25H16Cl2FN3O4/c1-35-19-7-2-4-15(23(19)32)13-8-10-14(11-9-13)30-20(27)12-17-22(30)24(33)31(25(34)29-17)18-6-3-5-16(26)21(18)28/h2-12,32H,1H3,(H,29,34). The molecule has 35 heavy (non-hydrogen) atoms. The number of H-pyrrole nitrogens is 1. The van der Waals surface area contributed by atoms with Crippen molar-refractivity contribution >= 4 is 34.2 Å². The molecule has 0 aliphatic heterocycles. The number of aromatic hydroxyl groups is 1. The maximum atomic E-state index is 14.7. The van der Waals surface area contributed by atoms with Crippen molar-refractivity contribution in [1.29, 1.82) is 0 Å². The number of hydrogen-bond acceptors (Lipinski definition) is 4. The number of fused-ring (bicyclic) bond motifs is 1. The number of ether oxygens (including phenoxy) is 1. The van der Waals surface area contributed by atoms with E-state index >= 15 is 0 Å². The highest BCUT2D eigenvalue weighted by molar-refractivity contribution is 6.31. The monoisotopic (exact) mass is 511 g/mol. The summed E-state index contributed by atoms with van der Waals surface area (Å²) in [4.78, 5) is 28.7. The number of para-hydroxylation sites is 1. The van der Waals surface area contributed by atoms with Crippen molar-refractivity contribution in [3.05, 3.63) is 104 Å². The molecule has 0 atom stereocenters. The SMILES string of the molecule is COc1cccc(-c2ccc(-n3c(Cl)cc4[nH]c(=O)n(-c5cccc(Cl)c5F)c(=O)c43)cc2)c1O. The number of aromatic nitrogens is 3. The molecule has 10 heteroatoms. The van der Waals surface area contributed by atoms with Gasteiger partial charge in [0.15, 0.2) is 17.3 Å². The molecule has 2 heterocycles. The molecule has 0 aliphatic carbocycles. The van der Waals surface area contributed by atoms with Crippen molar-refractivity contribution in [2.75, 3.05) is 7.11 Å². The molecular formula is C25H16Cl2FN3O4. The highest BCUT2D eigenvalue weighted by Gasteiger charge is 2.20. The molecule has 2 N–H and O–H groups in total. The first kappa shape index (κ1) is 22.8. The van der Waals surface area contributed by atoms with E-state index in [0.29, 0.717) is 27.1 Å². The number of nitrogens with one attached hydrogen (secondary N) is 1. The Bertz CT molecular complexity index is 1720. The van der Waals surface area contributed by atoms with Gasteiger partial charge in [-0.15, -0.1) is 0 Å². The van der Waals surface area contributed by atoms with E-state index in [1.165, 1.54) is 35.9 Å². The van der Waals surface area contributed by atoms with E-state index in [4.69, 9.17) is 27.9 Å². The van der Waals surface area contributed by atoms with Crippen LogP contribution in [-0.4, -0.2) is 26.3 Å². The number of phenols is 1. The molecule has 176 valence electrons. The molecular weight excluding hydrogens is 496 g/mol. The second-order valence-corrected chi connectivity index (χ2v) is 8.41. The summed E-state index contributed by atoms with van der Waals surface area (Å²) >= 11 is 12.3. The zero-order valence-corrected chi connectivity index (χ0v) is 19.6. The summed E-state index contributed by atoms with van der Waals surface area (Å²) in [6.45, 7) is 0. The molecule has 0 fully saturated rings. The lowest BCUT2D eigenvalue weighted by molar-refractivity contribution is 0.374. The number of halogens is 3. The molecule has 0 bridgehead atoms. The van der Waals surface area contributed by atoms with Crippen LogP contribution in [0.1, 0.15) is 0 Å². The van der Waals surface area contributed by atoms with Gasteiger partial charge in [0.25, 0.3) is 5.56 Å². The van der Waals surface area contributed by atoms with E-state index < -0.39 is 17.1 Å². The van der Waals surface area contributed by atoms with E-state index in [9.17, 15) is 19.1 Å². The van der Waals surface area contributed by atoms with Crippen molar-refractivity contribution < 1.29 is 14.2 Å². The number of hydrogen-bond donors (Lipinski definition) is 2. The fourth-order valence-corrected chi connectivity index (χ4v) is 4.46. The van der Waals surface area contributed by atoms with Crippen LogP contribution in [-0.2, 0) is 0 Å². The van der Waals surface area contributed by atoms with Gasteiger partial charge < -0.3 is 14.8 Å². The molecule has 5 aromatic rings. The molecule has 0 aliphatic rings. The summed E-state index contributed by atoms with van der Waals surface area (Å²) in [5, 5.41) is 10.4. The van der Waals surface area contributed by atoms with Gasteiger partial charge in [0.05, 0.1) is 23.3 Å². The van der Waals surface area contributed by atoms with Gasteiger partial charge in [0.1, 0.15) is 10.7 Å². The minimum atomic E-state index is -0.896. The molecule has 0 unspecified atom stereocenters. The Hall–Kier alpha value is -4.01. The summed E-state index contributed by atoms with van der Waals surface area (Å²) in [5.41, 5.74) is 0.126. The highest BCUT2D eigenvalue weighted by atomic mass is 35.5. The second-order valence-electron chi connectivity index (χ2n) is 7.61. The lowest BCUT2D eigenvalue weighted by Crippen LogP contribution is -2.34. The Kier molecular flexibility index (Phi) is 5.62. The molecule has 0 spiro atoms. The van der Waals surface area contributed by atoms with Gasteiger partial charge in [0, 0.05) is 11.3 Å². The Morgan fingerprint density at radius 1 is 0.971 bits per heavy atom.